The summed E-state index contributed by atoms with van der Waals surface area (Å²) in [5.41, 5.74) is 0.199. The highest BCUT2D eigenvalue weighted by atomic mass is 32.1. The number of amides is 1. The van der Waals surface area contributed by atoms with Gasteiger partial charge in [-0.25, -0.2) is 9.78 Å². The summed E-state index contributed by atoms with van der Waals surface area (Å²) in [4.78, 5) is 38.0. The summed E-state index contributed by atoms with van der Waals surface area (Å²) in [5.74, 6) is -1.11. The van der Waals surface area contributed by atoms with Crippen LogP contribution in [0.25, 0.3) is 0 Å². The first-order chi connectivity index (χ1) is 11.4. The van der Waals surface area contributed by atoms with Gasteiger partial charge >= 0.3 is 11.7 Å². The number of hydrogen-bond donors (Lipinski definition) is 1. The highest BCUT2D eigenvalue weighted by Gasteiger charge is 2.18. The first kappa shape index (κ1) is 17.3. The molecule has 2 rings (SSSR count). The summed E-state index contributed by atoms with van der Waals surface area (Å²) >= 11 is 0.969. The number of aromatic nitrogens is 1. The number of nitrogens with one attached hydrogen (secondary N) is 1. The maximum Gasteiger partial charge on any atom is 0.350 e. The number of nitrogens with zero attached hydrogens (tertiary/aromatic N) is 2. The molecule has 0 aliphatic rings. The van der Waals surface area contributed by atoms with Crippen LogP contribution in [0.5, 0.6) is 5.75 Å². The molecule has 0 atom stereocenters. The van der Waals surface area contributed by atoms with Gasteiger partial charge < -0.3 is 9.47 Å². The van der Waals surface area contributed by atoms with E-state index in [1.54, 1.807) is 13.0 Å². The van der Waals surface area contributed by atoms with Crippen molar-refractivity contribution in [2.24, 2.45) is 0 Å². The molecule has 0 unspecified atom stereocenters. The van der Waals surface area contributed by atoms with Crippen molar-refractivity contribution < 1.29 is 24.0 Å². The number of methoxy groups -OCH3 is 1. The second kappa shape index (κ2) is 7.51. The van der Waals surface area contributed by atoms with E-state index < -0.39 is 23.4 Å². The monoisotopic (exact) mass is 351 g/mol. The number of benzene rings is 1. The van der Waals surface area contributed by atoms with E-state index in [0.29, 0.717) is 5.69 Å². The Kier molecular flexibility index (Phi) is 5.42. The normalized spacial score (nSPS) is 10.1. The number of para-hydroxylation sites is 2. The van der Waals surface area contributed by atoms with Gasteiger partial charge in [0.15, 0.2) is 17.5 Å². The quantitative estimate of drug-likeness (QED) is 0.481. The second-order valence-electron chi connectivity index (χ2n) is 4.49. The zero-order valence-electron chi connectivity index (χ0n) is 12.8. The van der Waals surface area contributed by atoms with Crippen LogP contribution >= 0.6 is 11.3 Å². The van der Waals surface area contributed by atoms with Crippen molar-refractivity contribution in [2.45, 2.75) is 6.92 Å². The summed E-state index contributed by atoms with van der Waals surface area (Å²) in [6.07, 6.45) is 0. The lowest BCUT2D eigenvalue weighted by atomic mass is 10.3. The van der Waals surface area contributed by atoms with E-state index in [2.05, 4.69) is 15.0 Å². The van der Waals surface area contributed by atoms with Crippen LogP contribution in [0, 0.1) is 17.0 Å². The standard InChI is InChI=1S/C14H13N3O6S/c1-8-12(13(19)22-2)24-14(15-8)16-11(18)7-23-10-6-4-3-5-9(10)17(20)21/h3-6H,7H2,1-2H3,(H,15,16,18). The third kappa shape index (κ3) is 4.04. The van der Waals surface area contributed by atoms with E-state index in [1.165, 1.54) is 25.3 Å². The predicted octanol–water partition coefficient (Wildman–Crippen LogP) is 2.16. The summed E-state index contributed by atoms with van der Waals surface area (Å²) in [6.45, 7) is 1.18. The van der Waals surface area contributed by atoms with E-state index in [4.69, 9.17) is 4.74 Å². The fourth-order valence-electron chi connectivity index (χ4n) is 1.76. The largest absolute Gasteiger partial charge is 0.477 e. The topological polar surface area (TPSA) is 121 Å². The number of carbonyl (C=O) groups excluding carboxylic acids is 2. The number of nitro groups is 1. The molecule has 10 heteroatoms. The van der Waals surface area contributed by atoms with Crippen molar-refractivity contribution in [1.82, 2.24) is 4.98 Å². The minimum atomic E-state index is -0.597. The van der Waals surface area contributed by atoms with Gasteiger partial charge in [0, 0.05) is 6.07 Å². The Balaban J connectivity index is 2.00. The number of hydrogen-bond acceptors (Lipinski definition) is 8. The Morgan fingerprint density at radius 2 is 2.08 bits per heavy atom. The van der Waals surface area contributed by atoms with Gasteiger partial charge in [-0.05, 0) is 13.0 Å². The lowest BCUT2D eigenvalue weighted by Gasteiger charge is -2.06. The van der Waals surface area contributed by atoms with Gasteiger partial charge in [0.05, 0.1) is 17.7 Å². The van der Waals surface area contributed by atoms with E-state index >= 15 is 0 Å². The Morgan fingerprint density at radius 3 is 2.75 bits per heavy atom. The molecule has 1 N–H and O–H groups in total. The zero-order valence-corrected chi connectivity index (χ0v) is 13.6. The molecule has 0 radical (unpaired) electrons. The maximum atomic E-state index is 11.9. The SMILES string of the molecule is COC(=O)c1sc(NC(=O)COc2ccccc2[N+](=O)[O-])nc1C. The van der Waals surface area contributed by atoms with Crippen LogP contribution in [0.15, 0.2) is 24.3 Å². The van der Waals surface area contributed by atoms with Crippen molar-refractivity contribution in [3.63, 3.8) is 0 Å². The molecule has 0 saturated carbocycles. The lowest BCUT2D eigenvalue weighted by Crippen LogP contribution is -2.20. The van der Waals surface area contributed by atoms with Crippen LogP contribution in [0.3, 0.4) is 0 Å². The number of nitro benzene ring substituents is 1. The van der Waals surface area contributed by atoms with Crippen LogP contribution in [0.4, 0.5) is 10.8 Å². The van der Waals surface area contributed by atoms with Crippen molar-refractivity contribution in [2.75, 3.05) is 19.0 Å². The molecule has 24 heavy (non-hydrogen) atoms. The van der Waals surface area contributed by atoms with Crippen molar-refractivity contribution in [1.29, 1.82) is 0 Å². The molecule has 1 aromatic heterocycles. The summed E-state index contributed by atoms with van der Waals surface area (Å²) in [5, 5.41) is 13.5. The first-order valence-corrected chi connectivity index (χ1v) is 7.46. The summed E-state index contributed by atoms with van der Waals surface area (Å²) in [6, 6.07) is 5.74. The molecule has 0 saturated heterocycles. The second-order valence-corrected chi connectivity index (χ2v) is 5.49. The minimum absolute atomic E-state index is 0.0109. The molecule has 1 heterocycles. The molecular weight excluding hydrogens is 338 g/mol. The Hall–Kier alpha value is -3.01. The van der Waals surface area contributed by atoms with Gasteiger partial charge in [0.2, 0.25) is 0 Å². The molecule has 0 spiro atoms. The van der Waals surface area contributed by atoms with E-state index in [1.807, 2.05) is 0 Å². The molecule has 0 fully saturated rings. The molecule has 0 aliphatic carbocycles. The highest BCUT2D eigenvalue weighted by Crippen LogP contribution is 2.26. The Morgan fingerprint density at radius 1 is 1.38 bits per heavy atom. The Bertz CT molecular complexity index is 789. The van der Waals surface area contributed by atoms with Gasteiger partial charge in [-0.15, -0.1) is 0 Å². The zero-order chi connectivity index (χ0) is 17.7. The molecule has 1 amide bonds. The molecule has 126 valence electrons. The average Bonchev–Trinajstić information content (AvgIpc) is 2.92. The van der Waals surface area contributed by atoms with Crippen molar-refractivity contribution >= 4 is 34.0 Å². The van der Waals surface area contributed by atoms with Crippen molar-refractivity contribution in [3.05, 3.63) is 45.0 Å². The third-order valence-electron chi connectivity index (χ3n) is 2.83. The molecule has 0 bridgehead atoms. The Labute approximate surface area is 140 Å². The van der Waals surface area contributed by atoms with Gasteiger partial charge in [-0.1, -0.05) is 23.5 Å². The number of carbonyl (C=O) groups is 2. The highest BCUT2D eigenvalue weighted by molar-refractivity contribution is 7.17. The predicted molar refractivity (Wildman–Crippen MR) is 85.4 cm³/mol. The van der Waals surface area contributed by atoms with Crippen LogP contribution in [-0.2, 0) is 9.53 Å². The number of anilines is 1. The fourth-order valence-corrected chi connectivity index (χ4v) is 2.66. The number of rotatable bonds is 6. The summed E-state index contributed by atoms with van der Waals surface area (Å²) < 4.78 is 9.78. The molecule has 1 aromatic carbocycles. The number of thiazole rings is 1. The lowest BCUT2D eigenvalue weighted by molar-refractivity contribution is -0.385. The summed E-state index contributed by atoms with van der Waals surface area (Å²) in [7, 11) is 1.25. The molecule has 9 nitrogen and oxygen atoms in total. The smallest absolute Gasteiger partial charge is 0.350 e. The van der Waals surface area contributed by atoms with Crippen LogP contribution < -0.4 is 10.1 Å². The van der Waals surface area contributed by atoms with E-state index in [0.717, 1.165) is 11.3 Å². The minimum Gasteiger partial charge on any atom is -0.477 e. The van der Waals surface area contributed by atoms with Gasteiger partial charge in [0.1, 0.15) is 4.88 Å². The van der Waals surface area contributed by atoms with Gasteiger partial charge in [-0.2, -0.15) is 0 Å². The van der Waals surface area contributed by atoms with E-state index in [-0.39, 0.29) is 21.4 Å². The third-order valence-corrected chi connectivity index (χ3v) is 3.89. The first-order valence-electron chi connectivity index (χ1n) is 6.64. The van der Waals surface area contributed by atoms with Gasteiger partial charge in [-0.3, -0.25) is 20.2 Å². The molecule has 2 aromatic rings. The van der Waals surface area contributed by atoms with Gasteiger partial charge in [0.25, 0.3) is 5.91 Å². The molecular formula is C14H13N3O6S. The average molecular weight is 351 g/mol. The van der Waals surface area contributed by atoms with Crippen molar-refractivity contribution in [3.8, 4) is 5.75 Å². The number of ether oxygens (including phenoxy) is 2. The van der Waals surface area contributed by atoms with Crippen LogP contribution in [0.2, 0.25) is 0 Å². The van der Waals surface area contributed by atoms with Crippen LogP contribution in [0.1, 0.15) is 15.4 Å². The van der Waals surface area contributed by atoms with Crippen LogP contribution in [-0.4, -0.2) is 35.5 Å². The molecule has 0 aliphatic heterocycles. The number of esters is 1. The number of aryl methyl sites for hydroxylation is 1. The van der Waals surface area contributed by atoms with E-state index in [9.17, 15) is 19.7 Å². The fraction of sp³-hybridized carbons (Fsp3) is 0.214. The maximum absolute atomic E-state index is 11.9.